The maximum absolute atomic E-state index is 13.5. The Bertz CT molecular complexity index is 1250. The van der Waals surface area contributed by atoms with Crippen molar-refractivity contribution in [3.63, 3.8) is 0 Å². The zero-order chi connectivity index (χ0) is 30.5. The molecule has 2 fully saturated rings. The van der Waals surface area contributed by atoms with E-state index in [-0.39, 0.29) is 23.9 Å². The third-order valence-corrected chi connectivity index (χ3v) is 7.87. The average molecular weight is 598 g/mol. The lowest BCUT2D eigenvalue weighted by atomic mass is 9.99. The van der Waals surface area contributed by atoms with Gasteiger partial charge in [-0.15, -0.1) is 0 Å². The van der Waals surface area contributed by atoms with Crippen molar-refractivity contribution in [2.24, 2.45) is 0 Å². The van der Waals surface area contributed by atoms with E-state index in [2.05, 4.69) is 40.4 Å². The number of rotatable bonds is 7. The lowest BCUT2D eigenvalue weighted by Gasteiger charge is -2.41. The second-order valence-electron chi connectivity index (χ2n) is 11.5. The summed E-state index contributed by atoms with van der Waals surface area (Å²) in [4.78, 5) is 6.57. The van der Waals surface area contributed by atoms with Crippen LogP contribution in [0.2, 0.25) is 0 Å². The molecule has 0 saturated carbocycles. The number of benzene rings is 2. The highest BCUT2D eigenvalue weighted by Gasteiger charge is 2.34. The van der Waals surface area contributed by atoms with E-state index in [9.17, 15) is 26.3 Å². The Labute approximate surface area is 243 Å². The Morgan fingerprint density at radius 1 is 0.881 bits per heavy atom. The van der Waals surface area contributed by atoms with Crippen LogP contribution in [0.15, 0.2) is 42.5 Å². The van der Waals surface area contributed by atoms with E-state index >= 15 is 0 Å². The van der Waals surface area contributed by atoms with E-state index in [4.69, 9.17) is 9.47 Å². The van der Waals surface area contributed by atoms with Crippen LogP contribution in [0.25, 0.3) is 0 Å². The minimum absolute atomic E-state index is 0.0859. The van der Waals surface area contributed by atoms with Crippen molar-refractivity contribution in [3.05, 3.63) is 64.7 Å². The molecule has 230 valence electrons. The Morgan fingerprint density at radius 3 is 2.21 bits per heavy atom. The van der Waals surface area contributed by atoms with Crippen molar-refractivity contribution in [2.45, 2.75) is 50.7 Å². The molecule has 2 aliphatic heterocycles. The molecule has 0 spiro atoms. The van der Waals surface area contributed by atoms with E-state index in [0.29, 0.717) is 57.9 Å². The molecule has 4 rings (SSSR count). The molecular formula is C31H37F6N3O2. The normalized spacial score (nSPS) is 20.6. The minimum atomic E-state index is -4.52. The van der Waals surface area contributed by atoms with E-state index in [0.717, 1.165) is 36.4 Å². The summed E-state index contributed by atoms with van der Waals surface area (Å²) in [7, 11) is 1.33. The smallest absolute Gasteiger partial charge is 0.416 e. The van der Waals surface area contributed by atoms with Gasteiger partial charge < -0.3 is 9.47 Å². The Morgan fingerprint density at radius 2 is 1.57 bits per heavy atom. The molecule has 42 heavy (non-hydrogen) atoms. The van der Waals surface area contributed by atoms with Gasteiger partial charge in [-0.25, -0.2) is 0 Å². The second kappa shape index (κ2) is 13.2. The van der Waals surface area contributed by atoms with Gasteiger partial charge in [0.1, 0.15) is 5.75 Å². The van der Waals surface area contributed by atoms with E-state index < -0.39 is 23.5 Å². The minimum Gasteiger partial charge on any atom is -0.497 e. The number of morpholine rings is 1. The van der Waals surface area contributed by atoms with Crippen LogP contribution in [0.3, 0.4) is 0 Å². The van der Waals surface area contributed by atoms with Crippen LogP contribution >= 0.6 is 0 Å². The number of nitrogens with zero attached hydrogens (tertiary/aromatic N) is 3. The Balaban J connectivity index is 1.49. The number of hydrogen-bond donors (Lipinski definition) is 0. The van der Waals surface area contributed by atoms with Crippen molar-refractivity contribution < 1.29 is 35.8 Å². The molecule has 2 aromatic rings. The highest BCUT2D eigenvalue weighted by Crippen LogP contribution is 2.34. The summed E-state index contributed by atoms with van der Waals surface area (Å²) in [6, 6.07) is 8.62. The summed E-state index contributed by atoms with van der Waals surface area (Å²) in [5.41, 5.74) is -0.406. The number of hydrogen-bond acceptors (Lipinski definition) is 5. The van der Waals surface area contributed by atoms with Crippen LogP contribution in [0.5, 0.6) is 5.75 Å². The third-order valence-electron chi connectivity index (χ3n) is 7.87. The van der Waals surface area contributed by atoms with Gasteiger partial charge in [-0.05, 0) is 61.7 Å². The molecule has 0 radical (unpaired) electrons. The SMILES string of the molecule is COc1cc(CN2CCN(CC#CCN3CCOCC3(C)C)C[C@H]2Cc2ccc(C(F)(F)F)cc2)cc(C(F)(F)F)c1. The molecule has 2 heterocycles. The fraction of sp³-hybridized carbons (Fsp3) is 0.548. The lowest BCUT2D eigenvalue weighted by molar-refractivity contribution is -0.138. The lowest BCUT2D eigenvalue weighted by Crippen LogP contribution is -2.53. The third kappa shape index (κ3) is 8.63. The molecule has 2 aromatic carbocycles. The molecular weight excluding hydrogens is 560 g/mol. The van der Waals surface area contributed by atoms with Gasteiger partial charge in [0.2, 0.25) is 0 Å². The van der Waals surface area contributed by atoms with Gasteiger partial charge >= 0.3 is 12.4 Å². The topological polar surface area (TPSA) is 28.2 Å². The largest absolute Gasteiger partial charge is 0.497 e. The molecule has 2 aliphatic rings. The van der Waals surface area contributed by atoms with E-state index in [1.807, 2.05) is 0 Å². The molecule has 0 aliphatic carbocycles. The van der Waals surface area contributed by atoms with Gasteiger partial charge in [-0.2, -0.15) is 26.3 Å². The van der Waals surface area contributed by atoms with Crippen molar-refractivity contribution in [1.82, 2.24) is 14.7 Å². The highest BCUT2D eigenvalue weighted by atomic mass is 19.4. The van der Waals surface area contributed by atoms with Crippen LogP contribution in [0, 0.1) is 11.8 Å². The monoisotopic (exact) mass is 597 g/mol. The number of ether oxygens (including phenoxy) is 2. The molecule has 0 amide bonds. The fourth-order valence-electron chi connectivity index (χ4n) is 5.38. The maximum Gasteiger partial charge on any atom is 0.416 e. The molecule has 0 N–H and O–H groups in total. The quantitative estimate of drug-likeness (QED) is 0.307. The summed E-state index contributed by atoms with van der Waals surface area (Å²) in [6.07, 6.45) is -8.50. The van der Waals surface area contributed by atoms with Gasteiger partial charge in [0, 0.05) is 44.3 Å². The van der Waals surface area contributed by atoms with Crippen LogP contribution in [-0.4, -0.2) is 85.9 Å². The highest BCUT2D eigenvalue weighted by molar-refractivity contribution is 5.36. The molecule has 0 bridgehead atoms. The predicted octanol–water partition coefficient (Wildman–Crippen LogP) is 5.58. The first kappa shape index (κ1) is 32.1. The summed E-state index contributed by atoms with van der Waals surface area (Å²) in [5, 5.41) is 0. The summed E-state index contributed by atoms with van der Waals surface area (Å²) >= 11 is 0. The maximum atomic E-state index is 13.5. The van der Waals surface area contributed by atoms with Crippen LogP contribution < -0.4 is 4.74 Å². The average Bonchev–Trinajstić information content (AvgIpc) is 2.92. The van der Waals surface area contributed by atoms with Crippen LogP contribution in [0.1, 0.15) is 36.1 Å². The second-order valence-corrected chi connectivity index (χ2v) is 11.5. The predicted molar refractivity (Wildman–Crippen MR) is 148 cm³/mol. The number of methoxy groups -OCH3 is 1. The molecule has 5 nitrogen and oxygen atoms in total. The van der Waals surface area contributed by atoms with Gasteiger partial charge in [0.05, 0.1) is 44.5 Å². The molecule has 2 saturated heterocycles. The number of halogens is 6. The molecule has 1 atom stereocenters. The number of alkyl halides is 6. The van der Waals surface area contributed by atoms with Crippen molar-refractivity contribution >= 4 is 0 Å². The summed E-state index contributed by atoms with van der Waals surface area (Å²) in [6.45, 7) is 9.61. The van der Waals surface area contributed by atoms with Crippen molar-refractivity contribution in [2.75, 3.05) is 59.6 Å². The Kier molecular flexibility index (Phi) is 10.1. The van der Waals surface area contributed by atoms with Crippen LogP contribution in [-0.2, 0) is 30.1 Å². The summed E-state index contributed by atoms with van der Waals surface area (Å²) in [5.74, 6) is 6.65. The first-order valence-electron chi connectivity index (χ1n) is 13.9. The van der Waals surface area contributed by atoms with E-state index in [1.54, 1.807) is 6.07 Å². The van der Waals surface area contributed by atoms with E-state index in [1.165, 1.54) is 19.2 Å². The zero-order valence-corrected chi connectivity index (χ0v) is 24.1. The standard InChI is InChI=1S/C31H37F6N3O2/c1-29(2)22-42-15-14-40(29)11-5-4-10-38-12-13-39(20-24-16-26(31(35,36)37)19-28(18-24)41-3)27(21-38)17-23-6-8-25(9-7-23)30(32,33)34/h6-9,16,18-19,27H,10-15,17,20-22H2,1-3H3/t27-/m1/s1. The van der Waals surface area contributed by atoms with Gasteiger partial charge in [-0.1, -0.05) is 24.0 Å². The number of piperazine rings is 1. The van der Waals surface area contributed by atoms with Crippen molar-refractivity contribution in [3.8, 4) is 17.6 Å². The van der Waals surface area contributed by atoms with Gasteiger partial charge in [0.25, 0.3) is 0 Å². The first-order valence-corrected chi connectivity index (χ1v) is 13.9. The van der Waals surface area contributed by atoms with Gasteiger partial charge in [-0.3, -0.25) is 14.7 Å². The van der Waals surface area contributed by atoms with Gasteiger partial charge in [0.15, 0.2) is 0 Å². The fourth-order valence-corrected chi connectivity index (χ4v) is 5.38. The molecule has 11 heteroatoms. The molecule has 0 unspecified atom stereocenters. The summed E-state index contributed by atoms with van der Waals surface area (Å²) < 4.78 is 90.6. The Hall–Kier alpha value is -2.78. The van der Waals surface area contributed by atoms with Crippen molar-refractivity contribution in [1.29, 1.82) is 0 Å². The zero-order valence-electron chi connectivity index (χ0n) is 24.1. The first-order chi connectivity index (χ1) is 19.7. The molecule has 0 aromatic heterocycles. The van der Waals surface area contributed by atoms with Crippen LogP contribution in [0.4, 0.5) is 26.3 Å².